The van der Waals surface area contributed by atoms with E-state index in [9.17, 15) is 29.1 Å². The van der Waals surface area contributed by atoms with Gasteiger partial charge in [-0.1, -0.05) is 27.6 Å². The van der Waals surface area contributed by atoms with Crippen molar-refractivity contribution >= 4 is 61.3 Å². The predicted octanol–water partition coefficient (Wildman–Crippen LogP) is 3.00. The van der Waals surface area contributed by atoms with Gasteiger partial charge in [-0.3, -0.25) is 19.2 Å². The average molecular weight is 606 g/mol. The first kappa shape index (κ1) is 23.7. The van der Waals surface area contributed by atoms with E-state index >= 15 is 0 Å². The number of amides is 4. The number of methoxy groups -OCH3 is 1. The average Bonchev–Trinajstić information content (AvgIpc) is 3.07. The number of phenols is 1. The normalized spacial score (nSPS) is 27.8. The van der Waals surface area contributed by atoms with Gasteiger partial charge in [0.15, 0.2) is 23.1 Å². The second kappa shape index (κ2) is 8.27. The van der Waals surface area contributed by atoms with Crippen LogP contribution in [0.4, 0.5) is 4.79 Å². The number of allylic oxidation sites excluding steroid dienone is 6. The number of phenolic OH excluding ortho intramolecular Hbond substituents is 1. The number of benzene rings is 1. The first-order chi connectivity index (χ1) is 16.6. The van der Waals surface area contributed by atoms with Gasteiger partial charge < -0.3 is 15.6 Å². The molecule has 4 aliphatic rings. The lowest BCUT2D eigenvalue weighted by atomic mass is 9.59. The lowest BCUT2D eigenvalue weighted by molar-refractivity contribution is -0.136. The summed E-state index contributed by atoms with van der Waals surface area (Å²) in [5, 5.41) is 11.0. The molecule has 180 valence electrons. The number of hydrogen-bond donors (Lipinski definition) is 2. The number of carbonyl (C=O) groups excluding carboxylic acids is 5. The van der Waals surface area contributed by atoms with Gasteiger partial charge in [0.05, 0.1) is 23.4 Å². The van der Waals surface area contributed by atoms with Gasteiger partial charge in [-0.15, -0.1) is 0 Å². The van der Waals surface area contributed by atoms with E-state index in [2.05, 4.69) is 31.9 Å². The van der Waals surface area contributed by atoms with Crippen LogP contribution >= 0.6 is 31.9 Å². The number of rotatable bonds is 2. The number of primary amides is 1. The number of aromatic hydroxyl groups is 1. The molecule has 1 aliphatic heterocycles. The largest absolute Gasteiger partial charge is 0.504 e. The number of fused-ring (bicyclic) bond motifs is 3. The molecule has 4 atom stereocenters. The van der Waals surface area contributed by atoms with Crippen molar-refractivity contribution in [1.82, 2.24) is 4.90 Å². The molecular formula is C24H18Br2N2O7. The van der Waals surface area contributed by atoms with Gasteiger partial charge in [0.1, 0.15) is 0 Å². The molecule has 1 saturated heterocycles. The minimum Gasteiger partial charge on any atom is -0.504 e. The van der Waals surface area contributed by atoms with Crippen LogP contribution in [0.25, 0.3) is 0 Å². The number of urea groups is 1. The highest BCUT2D eigenvalue weighted by Gasteiger charge is 2.57. The maximum atomic E-state index is 13.2. The Morgan fingerprint density at radius 1 is 1.14 bits per heavy atom. The molecule has 0 spiro atoms. The fraction of sp³-hybridized carbons (Fsp3) is 0.292. The first-order valence-corrected chi connectivity index (χ1v) is 12.3. The molecule has 9 nitrogen and oxygen atoms in total. The number of carbonyl (C=O) groups is 5. The number of ether oxygens (including phenoxy) is 1. The van der Waals surface area contributed by atoms with Crippen LogP contribution in [0.1, 0.15) is 24.3 Å². The van der Waals surface area contributed by atoms with Gasteiger partial charge in [0.25, 0.3) is 0 Å². The third-order valence-corrected chi connectivity index (χ3v) is 8.20. The standard InChI is InChI=1S/C24H18Br2N2O7/c1-35-16-5-8(25)4-12(21(16)31)17-9-2-3-10-18(23(33)28(22(10)32)24(27)34)11(9)6-13-19(17)15(29)7-14(26)20(13)30/h2,4-5,7,10-11,17-18,31H,3,6H2,1H3,(H2,27,34)/t10-,11+,17+,18-/m0/s1. The quantitative estimate of drug-likeness (QED) is 0.299. The lowest BCUT2D eigenvalue weighted by Crippen LogP contribution is -2.42. The van der Waals surface area contributed by atoms with Crippen molar-refractivity contribution in [2.75, 3.05) is 7.11 Å². The van der Waals surface area contributed by atoms with Crippen LogP contribution in [0, 0.1) is 17.8 Å². The molecule has 35 heavy (non-hydrogen) atoms. The highest BCUT2D eigenvalue weighted by Crippen LogP contribution is 2.57. The van der Waals surface area contributed by atoms with E-state index in [-0.39, 0.29) is 40.0 Å². The van der Waals surface area contributed by atoms with E-state index in [1.54, 1.807) is 18.2 Å². The lowest BCUT2D eigenvalue weighted by Gasteiger charge is -2.42. The van der Waals surface area contributed by atoms with E-state index < -0.39 is 53.1 Å². The van der Waals surface area contributed by atoms with Crippen LogP contribution in [0.15, 0.2) is 50.0 Å². The maximum Gasteiger partial charge on any atom is 0.328 e. The number of nitrogens with two attached hydrogens (primary N) is 1. The molecule has 0 bridgehead atoms. The second-order valence-electron chi connectivity index (χ2n) is 8.79. The highest BCUT2D eigenvalue weighted by atomic mass is 79.9. The molecule has 3 N–H and O–H groups in total. The van der Waals surface area contributed by atoms with Crippen molar-refractivity contribution < 1.29 is 33.8 Å². The van der Waals surface area contributed by atoms with E-state index in [1.807, 2.05) is 0 Å². The molecule has 11 heteroatoms. The smallest absolute Gasteiger partial charge is 0.328 e. The fourth-order valence-corrected chi connectivity index (χ4v) is 6.65. The monoisotopic (exact) mass is 604 g/mol. The summed E-state index contributed by atoms with van der Waals surface area (Å²) < 4.78 is 5.95. The number of halogens is 2. The highest BCUT2D eigenvalue weighted by molar-refractivity contribution is 9.12. The number of imide groups is 3. The SMILES string of the molecule is COc1cc(Br)cc([C@H]2C3=CC[C@@H]4C(=O)N(C(N)=O)C(=O)[C@@H]4[C@@H]3CC3=C2C(=O)C=C(Br)C3=O)c1O. The minimum atomic E-state index is -1.15. The van der Waals surface area contributed by atoms with Gasteiger partial charge >= 0.3 is 6.03 Å². The Kier molecular flexibility index (Phi) is 5.59. The van der Waals surface area contributed by atoms with E-state index in [1.165, 1.54) is 13.2 Å². The summed E-state index contributed by atoms with van der Waals surface area (Å²) in [6.07, 6.45) is 3.15. The van der Waals surface area contributed by atoms with Crippen molar-refractivity contribution in [3.63, 3.8) is 0 Å². The molecule has 4 amide bonds. The van der Waals surface area contributed by atoms with Crippen molar-refractivity contribution in [1.29, 1.82) is 0 Å². The molecule has 0 radical (unpaired) electrons. The van der Waals surface area contributed by atoms with Crippen LogP contribution in [0.3, 0.4) is 0 Å². The Hall–Kier alpha value is -3.05. The van der Waals surface area contributed by atoms with Crippen LogP contribution in [-0.4, -0.2) is 46.5 Å². The van der Waals surface area contributed by atoms with Gasteiger partial charge in [-0.25, -0.2) is 4.79 Å². The topological polar surface area (TPSA) is 144 Å². The predicted molar refractivity (Wildman–Crippen MR) is 128 cm³/mol. The summed E-state index contributed by atoms with van der Waals surface area (Å²) in [5.74, 6) is -5.48. The van der Waals surface area contributed by atoms with E-state index in [4.69, 9.17) is 10.5 Å². The van der Waals surface area contributed by atoms with Crippen molar-refractivity contribution in [3.05, 3.63) is 55.5 Å². The molecule has 1 aromatic rings. The number of ketones is 2. The number of likely N-dealkylation sites (tertiary alicyclic amines) is 1. The van der Waals surface area contributed by atoms with E-state index in [0.29, 0.717) is 20.5 Å². The Bertz CT molecular complexity index is 1360. The van der Waals surface area contributed by atoms with Crippen molar-refractivity contribution in [3.8, 4) is 11.5 Å². The Balaban J connectivity index is 1.75. The molecule has 0 saturated carbocycles. The minimum absolute atomic E-state index is 0.0316. The third-order valence-electron chi connectivity index (χ3n) is 7.15. The van der Waals surface area contributed by atoms with Crippen molar-refractivity contribution in [2.45, 2.75) is 18.8 Å². The Labute approximate surface area is 215 Å². The second-order valence-corrected chi connectivity index (χ2v) is 10.6. The van der Waals surface area contributed by atoms with Gasteiger partial charge in [0.2, 0.25) is 11.8 Å². The van der Waals surface area contributed by atoms with Crippen LogP contribution < -0.4 is 10.5 Å². The van der Waals surface area contributed by atoms with Crippen LogP contribution in [0.5, 0.6) is 11.5 Å². The van der Waals surface area contributed by atoms with Crippen LogP contribution in [0.2, 0.25) is 0 Å². The van der Waals surface area contributed by atoms with Gasteiger partial charge in [0, 0.05) is 33.2 Å². The molecule has 3 aliphatic carbocycles. The summed E-state index contributed by atoms with van der Waals surface area (Å²) in [5.41, 5.74) is 6.66. The summed E-state index contributed by atoms with van der Waals surface area (Å²) in [4.78, 5) is 64.7. The van der Waals surface area contributed by atoms with Gasteiger partial charge in [-0.2, -0.15) is 4.90 Å². The molecule has 0 aromatic heterocycles. The fourth-order valence-electron chi connectivity index (χ4n) is 5.75. The summed E-state index contributed by atoms with van der Waals surface area (Å²) in [7, 11) is 1.39. The Morgan fingerprint density at radius 2 is 1.86 bits per heavy atom. The summed E-state index contributed by atoms with van der Waals surface area (Å²) in [6, 6.07) is 2.05. The zero-order valence-electron chi connectivity index (χ0n) is 18.2. The van der Waals surface area contributed by atoms with Gasteiger partial charge in [-0.05, 0) is 46.8 Å². The number of Topliss-reactive ketones (excluding diaryl/α,β-unsaturated/α-hetero) is 1. The number of hydrogen-bond acceptors (Lipinski definition) is 7. The van der Waals surface area contributed by atoms with Crippen LogP contribution in [-0.2, 0) is 19.2 Å². The van der Waals surface area contributed by atoms with Crippen molar-refractivity contribution in [2.24, 2.45) is 23.5 Å². The number of nitrogens with zero attached hydrogens (tertiary/aromatic N) is 1. The summed E-state index contributed by atoms with van der Waals surface area (Å²) >= 11 is 6.55. The Morgan fingerprint density at radius 3 is 2.51 bits per heavy atom. The third kappa shape index (κ3) is 3.35. The first-order valence-electron chi connectivity index (χ1n) is 10.7. The molecule has 5 rings (SSSR count). The molecular weight excluding hydrogens is 588 g/mol. The zero-order chi connectivity index (χ0) is 25.3. The van der Waals surface area contributed by atoms with E-state index in [0.717, 1.165) is 0 Å². The molecule has 1 fully saturated rings. The molecule has 0 unspecified atom stereocenters. The zero-order valence-corrected chi connectivity index (χ0v) is 21.4. The summed E-state index contributed by atoms with van der Waals surface area (Å²) in [6.45, 7) is 0. The molecule has 1 aromatic carbocycles. The maximum absolute atomic E-state index is 13.2. The molecule has 1 heterocycles.